The number of nitrogens with zero attached hydrogens (tertiary/aromatic N) is 5. The first kappa shape index (κ1) is 33.2. The van der Waals surface area contributed by atoms with Crippen molar-refractivity contribution in [1.29, 1.82) is 0 Å². The predicted octanol–water partition coefficient (Wildman–Crippen LogP) is 13.7. The molecule has 0 amide bonds. The molecule has 0 unspecified atom stereocenters. The molecule has 268 valence electrons. The lowest BCUT2D eigenvalue weighted by Gasteiger charge is -2.09. The summed E-state index contributed by atoms with van der Waals surface area (Å²) in [6.07, 6.45) is 5.84. The van der Waals surface area contributed by atoms with Crippen LogP contribution >= 0.6 is 22.7 Å². The number of allylic oxidation sites excluding steroid dienone is 2. The van der Waals surface area contributed by atoms with Crippen LogP contribution in [-0.2, 0) is 0 Å². The maximum Gasteiger partial charge on any atom is 0.180 e. The number of rotatable bonds is 7. The fraction of sp³-hybridized carbons (Fsp3) is 0. The van der Waals surface area contributed by atoms with Crippen molar-refractivity contribution < 1.29 is 4.42 Å². The molecule has 0 atom stereocenters. The van der Waals surface area contributed by atoms with E-state index in [1.807, 2.05) is 72.8 Å². The van der Waals surface area contributed by atoms with Crippen molar-refractivity contribution in [3.63, 3.8) is 0 Å². The maximum absolute atomic E-state index is 6.34. The van der Waals surface area contributed by atoms with Crippen molar-refractivity contribution in [3.05, 3.63) is 169 Å². The molecular weight excluding hydrogens is 739 g/mol. The second-order valence-corrected chi connectivity index (χ2v) is 15.7. The Morgan fingerprint density at radius 3 is 1.89 bits per heavy atom. The van der Waals surface area contributed by atoms with Crippen LogP contribution in [0.4, 0.5) is 0 Å². The van der Waals surface area contributed by atoms with Gasteiger partial charge in [0.1, 0.15) is 16.8 Å². The minimum absolute atomic E-state index is 0.625. The van der Waals surface area contributed by atoms with Gasteiger partial charge in [0.15, 0.2) is 28.9 Å². The highest BCUT2D eigenvalue weighted by atomic mass is 32.1. The lowest BCUT2D eigenvalue weighted by atomic mass is 10.1. The van der Waals surface area contributed by atoms with Crippen LogP contribution in [0.2, 0.25) is 0 Å². The summed E-state index contributed by atoms with van der Waals surface area (Å²) >= 11 is 3.46. The average molecular weight is 768 g/mol. The van der Waals surface area contributed by atoms with Crippen LogP contribution in [0.15, 0.2) is 168 Å². The highest BCUT2D eigenvalue weighted by molar-refractivity contribution is 7.25. The summed E-state index contributed by atoms with van der Waals surface area (Å²) in [6, 6.07) is 47.7. The minimum atomic E-state index is 0.625. The van der Waals surface area contributed by atoms with Gasteiger partial charge >= 0.3 is 0 Å². The van der Waals surface area contributed by atoms with Crippen molar-refractivity contribution in [2.75, 3.05) is 0 Å². The number of fused-ring (bicyclic) bond motifs is 7. The van der Waals surface area contributed by atoms with E-state index in [0.717, 1.165) is 65.5 Å². The Balaban J connectivity index is 1.02. The molecule has 5 aromatic heterocycles. The molecule has 6 aromatic carbocycles. The third kappa shape index (κ3) is 5.82. The first-order valence-electron chi connectivity index (χ1n) is 18.5. The quantitative estimate of drug-likeness (QED) is 0.150. The highest BCUT2D eigenvalue weighted by Gasteiger charge is 2.19. The molecule has 0 N–H and O–H groups in total. The molecule has 0 aliphatic rings. The van der Waals surface area contributed by atoms with Gasteiger partial charge in [0.05, 0.1) is 0 Å². The summed E-state index contributed by atoms with van der Waals surface area (Å²) in [7, 11) is 0. The molecule has 0 fully saturated rings. The Labute approximate surface area is 334 Å². The summed E-state index contributed by atoms with van der Waals surface area (Å²) in [5, 5.41) is 6.63. The minimum Gasteiger partial charge on any atom is -0.452 e. The number of aromatic nitrogens is 5. The second-order valence-electron chi connectivity index (χ2n) is 13.7. The van der Waals surface area contributed by atoms with Crippen LogP contribution in [0.3, 0.4) is 0 Å². The zero-order chi connectivity index (χ0) is 37.9. The summed E-state index contributed by atoms with van der Waals surface area (Å²) in [4.78, 5) is 25.4. The average Bonchev–Trinajstić information content (AvgIpc) is 3.98. The van der Waals surface area contributed by atoms with Crippen molar-refractivity contribution in [2.45, 2.75) is 0 Å². The topological polar surface area (TPSA) is 77.6 Å². The van der Waals surface area contributed by atoms with Gasteiger partial charge in [0.2, 0.25) is 0 Å². The lowest BCUT2D eigenvalue weighted by Crippen LogP contribution is -2.00. The molecular formula is C49H29N5OS2. The third-order valence-corrected chi connectivity index (χ3v) is 12.3. The Morgan fingerprint density at radius 1 is 0.491 bits per heavy atom. The van der Waals surface area contributed by atoms with E-state index in [1.165, 1.54) is 20.3 Å². The van der Waals surface area contributed by atoms with Gasteiger partial charge in [0, 0.05) is 58.1 Å². The molecule has 0 aliphatic heterocycles. The normalized spacial score (nSPS) is 11.9. The Morgan fingerprint density at radius 2 is 1.12 bits per heavy atom. The molecule has 57 heavy (non-hydrogen) atoms. The van der Waals surface area contributed by atoms with Crippen LogP contribution < -0.4 is 0 Å². The van der Waals surface area contributed by atoms with Gasteiger partial charge < -0.3 is 4.42 Å². The van der Waals surface area contributed by atoms with Gasteiger partial charge in [-0.2, -0.15) is 0 Å². The largest absolute Gasteiger partial charge is 0.452 e. The number of furan rings is 1. The Hall–Kier alpha value is -7.13. The molecule has 11 rings (SSSR count). The van der Waals surface area contributed by atoms with Crippen LogP contribution in [0.25, 0.3) is 115 Å². The molecule has 0 saturated heterocycles. The van der Waals surface area contributed by atoms with E-state index in [-0.39, 0.29) is 0 Å². The van der Waals surface area contributed by atoms with E-state index in [2.05, 4.69) is 90.8 Å². The summed E-state index contributed by atoms with van der Waals surface area (Å²) in [6.45, 7) is 3.82. The lowest BCUT2D eigenvalue weighted by molar-refractivity contribution is 0.667. The van der Waals surface area contributed by atoms with Gasteiger partial charge in [-0.15, -0.1) is 22.7 Å². The number of thiophene rings is 2. The SMILES string of the molecule is C=C/C=C\c1csc2cc(-c3nc(-c4ccccc4)nc(-c4ccc5sc6cc(-c7nc(-c8ccccc8)c8oc9ccccc9c8n7)ccc6c5c4)n3)ccc12. The molecule has 0 spiro atoms. The monoisotopic (exact) mass is 767 g/mol. The number of hydrogen-bond donors (Lipinski definition) is 0. The highest BCUT2D eigenvalue weighted by Crippen LogP contribution is 2.40. The van der Waals surface area contributed by atoms with Crippen molar-refractivity contribution in [1.82, 2.24) is 24.9 Å². The van der Waals surface area contributed by atoms with Crippen LogP contribution in [0.5, 0.6) is 0 Å². The fourth-order valence-corrected chi connectivity index (χ4v) is 9.50. The molecule has 0 aliphatic carbocycles. The molecule has 0 saturated carbocycles. The molecule has 5 heterocycles. The zero-order valence-corrected chi connectivity index (χ0v) is 31.9. The maximum atomic E-state index is 6.34. The molecule has 8 heteroatoms. The van der Waals surface area contributed by atoms with Crippen molar-refractivity contribution in [2.24, 2.45) is 0 Å². The number of benzene rings is 6. The standard InChI is InChI=1S/C49H29N5OS2/c1-2-3-12-34-28-56-41-26-32(19-22-35(34)41)49-53-46(30-15-8-5-9-16-30)52-48(54-49)31-21-24-40-38(25-31)36-23-20-33(27-42(36)57-40)47-50-43(29-13-6-4-7-14-29)45-44(51-47)37-17-10-11-18-39(37)55-45/h2-28H,1H2/b12-3-. The van der Waals surface area contributed by atoms with Crippen LogP contribution in [-0.4, -0.2) is 24.9 Å². The van der Waals surface area contributed by atoms with Crippen molar-refractivity contribution in [3.8, 4) is 56.8 Å². The van der Waals surface area contributed by atoms with Gasteiger partial charge in [0.25, 0.3) is 0 Å². The Kier molecular flexibility index (Phi) is 7.91. The van der Waals surface area contributed by atoms with Crippen LogP contribution in [0, 0.1) is 0 Å². The summed E-state index contributed by atoms with van der Waals surface area (Å²) < 4.78 is 9.83. The van der Waals surface area contributed by atoms with E-state index in [9.17, 15) is 0 Å². The smallest absolute Gasteiger partial charge is 0.180 e. The van der Waals surface area contributed by atoms with Gasteiger partial charge in [-0.3, -0.25) is 0 Å². The summed E-state index contributed by atoms with van der Waals surface area (Å²) in [5.41, 5.74) is 8.97. The summed E-state index contributed by atoms with van der Waals surface area (Å²) in [5.74, 6) is 2.55. The molecule has 0 radical (unpaired) electrons. The van der Waals surface area contributed by atoms with E-state index in [4.69, 9.17) is 29.3 Å². The van der Waals surface area contributed by atoms with Crippen LogP contribution in [0.1, 0.15) is 5.56 Å². The van der Waals surface area contributed by atoms with E-state index < -0.39 is 0 Å². The van der Waals surface area contributed by atoms with Gasteiger partial charge in [-0.25, -0.2) is 24.9 Å². The number of hydrogen-bond acceptors (Lipinski definition) is 8. The fourth-order valence-electron chi connectivity index (χ4n) is 7.41. The van der Waals surface area contributed by atoms with Gasteiger partial charge in [-0.1, -0.05) is 122 Å². The molecule has 6 nitrogen and oxygen atoms in total. The Bertz CT molecular complexity index is 3380. The second kappa shape index (κ2) is 13.6. The van der Waals surface area contributed by atoms with Gasteiger partial charge in [-0.05, 0) is 58.8 Å². The zero-order valence-electron chi connectivity index (χ0n) is 30.3. The number of para-hydroxylation sites is 1. The third-order valence-electron chi connectivity index (χ3n) is 10.2. The van der Waals surface area contributed by atoms with E-state index in [0.29, 0.717) is 28.9 Å². The van der Waals surface area contributed by atoms with E-state index >= 15 is 0 Å². The molecule has 0 bridgehead atoms. The molecule has 11 aromatic rings. The first-order chi connectivity index (χ1) is 28.2. The first-order valence-corrected chi connectivity index (χ1v) is 20.2. The van der Waals surface area contributed by atoms with Crippen molar-refractivity contribution >= 4 is 81.1 Å². The van der Waals surface area contributed by atoms with E-state index in [1.54, 1.807) is 28.7 Å². The predicted molar refractivity (Wildman–Crippen MR) is 237 cm³/mol.